The van der Waals surface area contributed by atoms with Gasteiger partial charge in [-0.3, -0.25) is 4.79 Å². The summed E-state index contributed by atoms with van der Waals surface area (Å²) < 4.78 is 12.9. The van der Waals surface area contributed by atoms with E-state index in [1.165, 1.54) is 12.1 Å². The predicted molar refractivity (Wildman–Crippen MR) is 79.6 cm³/mol. The molecule has 0 saturated carbocycles. The van der Waals surface area contributed by atoms with Gasteiger partial charge in [-0.15, -0.1) is 0 Å². The van der Waals surface area contributed by atoms with E-state index >= 15 is 0 Å². The molecule has 3 nitrogen and oxygen atoms in total. The van der Waals surface area contributed by atoms with Gasteiger partial charge < -0.3 is 10.6 Å². The van der Waals surface area contributed by atoms with Gasteiger partial charge in [-0.05, 0) is 36.4 Å². The molecule has 0 spiro atoms. The summed E-state index contributed by atoms with van der Waals surface area (Å²) in [6, 6.07) is 11.4. The molecule has 1 amide bonds. The molecule has 0 atom stereocenters. The molecule has 1 aliphatic rings. The minimum Gasteiger partial charge on any atom is -0.382 e. The molecule has 0 radical (unpaired) electrons. The van der Waals surface area contributed by atoms with Gasteiger partial charge in [0.05, 0.1) is 11.3 Å². The standard InChI is InChI=1S/C17H13FN2O/c18-14-8-5-12(6-9-14)4-7-13-2-1-3-15-16(13)19-10-11-20-17(15)21/h1-3,5-6,8-9,19H,10-11H2,(H,20,21). The Morgan fingerprint density at radius 3 is 2.52 bits per heavy atom. The van der Waals surface area contributed by atoms with Crippen LogP contribution in [0.4, 0.5) is 10.1 Å². The number of hydrogen-bond donors (Lipinski definition) is 2. The van der Waals surface area contributed by atoms with Crippen LogP contribution in [0.1, 0.15) is 21.5 Å². The van der Waals surface area contributed by atoms with Gasteiger partial charge in [0.15, 0.2) is 0 Å². The van der Waals surface area contributed by atoms with Crippen LogP contribution in [0.25, 0.3) is 0 Å². The molecule has 1 aliphatic heterocycles. The lowest BCUT2D eigenvalue weighted by Crippen LogP contribution is -2.24. The molecule has 2 N–H and O–H groups in total. The Balaban J connectivity index is 1.99. The molecule has 0 saturated heterocycles. The number of fused-ring (bicyclic) bond motifs is 1. The second kappa shape index (κ2) is 5.68. The summed E-state index contributed by atoms with van der Waals surface area (Å²) in [6.45, 7) is 1.24. The van der Waals surface area contributed by atoms with Gasteiger partial charge in [-0.2, -0.15) is 0 Å². The van der Waals surface area contributed by atoms with Crippen molar-refractivity contribution in [2.45, 2.75) is 0 Å². The summed E-state index contributed by atoms with van der Waals surface area (Å²) in [5.41, 5.74) is 2.83. The third kappa shape index (κ3) is 2.87. The van der Waals surface area contributed by atoms with Crippen LogP contribution in [-0.2, 0) is 0 Å². The second-order valence-electron chi connectivity index (χ2n) is 4.67. The first kappa shape index (κ1) is 13.2. The molecule has 0 aromatic heterocycles. The van der Waals surface area contributed by atoms with E-state index in [1.54, 1.807) is 24.3 Å². The Labute approximate surface area is 122 Å². The third-order valence-electron chi connectivity index (χ3n) is 3.21. The molecule has 0 fully saturated rings. The van der Waals surface area contributed by atoms with Crippen LogP contribution in [0.2, 0.25) is 0 Å². The number of hydrogen-bond acceptors (Lipinski definition) is 2. The number of carbonyl (C=O) groups excluding carboxylic acids is 1. The van der Waals surface area contributed by atoms with Crippen molar-refractivity contribution in [3.8, 4) is 11.8 Å². The summed E-state index contributed by atoms with van der Waals surface area (Å²) in [6.07, 6.45) is 0. The molecule has 0 unspecified atom stereocenters. The molecule has 3 rings (SSSR count). The van der Waals surface area contributed by atoms with Crippen molar-refractivity contribution in [2.75, 3.05) is 18.4 Å². The van der Waals surface area contributed by atoms with Gasteiger partial charge in [0.2, 0.25) is 0 Å². The molecule has 0 aliphatic carbocycles. The largest absolute Gasteiger partial charge is 0.382 e. The normalized spacial score (nSPS) is 13.1. The third-order valence-corrected chi connectivity index (χ3v) is 3.21. The smallest absolute Gasteiger partial charge is 0.253 e. The maximum absolute atomic E-state index is 12.9. The fourth-order valence-electron chi connectivity index (χ4n) is 2.17. The molecular weight excluding hydrogens is 267 g/mol. The van der Waals surface area contributed by atoms with Crippen LogP contribution in [0, 0.1) is 17.7 Å². The number of benzene rings is 2. The first-order chi connectivity index (χ1) is 10.2. The van der Waals surface area contributed by atoms with E-state index in [9.17, 15) is 9.18 Å². The molecule has 2 aromatic carbocycles. The van der Waals surface area contributed by atoms with Crippen molar-refractivity contribution in [1.82, 2.24) is 5.32 Å². The highest BCUT2D eigenvalue weighted by Crippen LogP contribution is 2.21. The van der Waals surface area contributed by atoms with E-state index in [2.05, 4.69) is 22.5 Å². The number of amides is 1. The lowest BCUT2D eigenvalue weighted by Gasteiger charge is -2.07. The molecule has 21 heavy (non-hydrogen) atoms. The Morgan fingerprint density at radius 2 is 1.71 bits per heavy atom. The van der Waals surface area contributed by atoms with Gasteiger partial charge in [0.25, 0.3) is 5.91 Å². The first-order valence-electron chi connectivity index (χ1n) is 6.67. The second-order valence-corrected chi connectivity index (χ2v) is 4.67. The number of halogens is 1. The average Bonchev–Trinajstić information content (AvgIpc) is 2.69. The Bertz CT molecular complexity index is 742. The maximum Gasteiger partial charge on any atom is 0.253 e. The van der Waals surface area contributed by atoms with Crippen LogP contribution in [0.5, 0.6) is 0 Å². The van der Waals surface area contributed by atoms with Crippen LogP contribution >= 0.6 is 0 Å². The number of nitrogens with one attached hydrogen (secondary N) is 2. The van der Waals surface area contributed by atoms with Gasteiger partial charge in [0, 0.05) is 24.2 Å². The summed E-state index contributed by atoms with van der Waals surface area (Å²) in [5.74, 6) is 5.65. The van der Waals surface area contributed by atoms with Crippen molar-refractivity contribution in [3.63, 3.8) is 0 Å². The Morgan fingerprint density at radius 1 is 0.952 bits per heavy atom. The minimum atomic E-state index is -0.285. The first-order valence-corrected chi connectivity index (χ1v) is 6.67. The van der Waals surface area contributed by atoms with Crippen molar-refractivity contribution >= 4 is 11.6 Å². The quantitative estimate of drug-likeness (QED) is 0.727. The van der Waals surface area contributed by atoms with Crippen molar-refractivity contribution in [2.24, 2.45) is 0 Å². The van der Waals surface area contributed by atoms with E-state index in [0.29, 0.717) is 18.7 Å². The molecule has 1 heterocycles. The fraction of sp³-hybridized carbons (Fsp3) is 0.118. The molecule has 0 bridgehead atoms. The molecule has 4 heteroatoms. The van der Waals surface area contributed by atoms with Gasteiger partial charge in [-0.1, -0.05) is 17.9 Å². The van der Waals surface area contributed by atoms with E-state index in [-0.39, 0.29) is 11.7 Å². The highest BCUT2D eigenvalue weighted by molar-refractivity contribution is 6.01. The molecular formula is C17H13FN2O. The monoisotopic (exact) mass is 280 g/mol. The Kier molecular flexibility index (Phi) is 3.57. The Hall–Kier alpha value is -2.80. The van der Waals surface area contributed by atoms with Gasteiger partial charge in [0.1, 0.15) is 5.82 Å². The molecule has 2 aromatic rings. The fourth-order valence-corrected chi connectivity index (χ4v) is 2.17. The highest BCUT2D eigenvalue weighted by atomic mass is 19.1. The van der Waals surface area contributed by atoms with Crippen molar-refractivity contribution in [3.05, 3.63) is 65.0 Å². The zero-order valence-electron chi connectivity index (χ0n) is 11.2. The summed E-state index contributed by atoms with van der Waals surface area (Å²) in [7, 11) is 0. The number of anilines is 1. The predicted octanol–water partition coefficient (Wildman–Crippen LogP) is 2.38. The zero-order valence-corrected chi connectivity index (χ0v) is 11.2. The summed E-state index contributed by atoms with van der Waals surface area (Å²) in [4.78, 5) is 11.9. The van der Waals surface area contributed by atoms with Crippen LogP contribution in [0.15, 0.2) is 42.5 Å². The van der Waals surface area contributed by atoms with E-state index in [1.807, 2.05) is 6.07 Å². The van der Waals surface area contributed by atoms with Crippen molar-refractivity contribution < 1.29 is 9.18 Å². The number of rotatable bonds is 0. The SMILES string of the molecule is O=C1NCCNc2c(C#Cc3ccc(F)cc3)cccc21. The highest BCUT2D eigenvalue weighted by Gasteiger charge is 2.16. The lowest BCUT2D eigenvalue weighted by atomic mass is 10.1. The van der Waals surface area contributed by atoms with E-state index in [0.717, 1.165) is 16.8 Å². The lowest BCUT2D eigenvalue weighted by molar-refractivity contribution is 0.0958. The maximum atomic E-state index is 12.9. The minimum absolute atomic E-state index is 0.0968. The summed E-state index contributed by atoms with van der Waals surface area (Å²) in [5, 5.41) is 6.04. The summed E-state index contributed by atoms with van der Waals surface area (Å²) >= 11 is 0. The number of carbonyl (C=O) groups is 1. The van der Waals surface area contributed by atoms with E-state index in [4.69, 9.17) is 0 Å². The van der Waals surface area contributed by atoms with Crippen LogP contribution in [0.3, 0.4) is 0 Å². The van der Waals surface area contributed by atoms with Crippen LogP contribution in [-0.4, -0.2) is 19.0 Å². The number of para-hydroxylation sites is 1. The van der Waals surface area contributed by atoms with Crippen molar-refractivity contribution in [1.29, 1.82) is 0 Å². The van der Waals surface area contributed by atoms with Crippen LogP contribution < -0.4 is 10.6 Å². The average molecular weight is 280 g/mol. The molecule has 104 valence electrons. The topological polar surface area (TPSA) is 41.1 Å². The zero-order chi connectivity index (χ0) is 14.7. The van der Waals surface area contributed by atoms with Gasteiger partial charge in [-0.25, -0.2) is 4.39 Å². The van der Waals surface area contributed by atoms with E-state index < -0.39 is 0 Å². The van der Waals surface area contributed by atoms with Gasteiger partial charge >= 0.3 is 0 Å².